The molecule has 5 heteroatoms. The number of carbonyl (C=O) groups excluding carboxylic acids is 1. The van der Waals surface area contributed by atoms with Gasteiger partial charge in [-0.25, -0.2) is 0 Å². The predicted molar refractivity (Wildman–Crippen MR) is 74.1 cm³/mol. The highest BCUT2D eigenvalue weighted by Gasteiger charge is 2.23. The van der Waals surface area contributed by atoms with Crippen LogP contribution in [0.3, 0.4) is 0 Å². The highest BCUT2D eigenvalue weighted by molar-refractivity contribution is 5.85. The molecule has 106 valence electrons. The molecule has 18 heavy (non-hydrogen) atoms. The zero-order valence-corrected chi connectivity index (χ0v) is 12.0. The van der Waals surface area contributed by atoms with Gasteiger partial charge in [0.2, 0.25) is 5.91 Å². The van der Waals surface area contributed by atoms with Crippen LogP contribution in [0.4, 0.5) is 0 Å². The molecule has 0 aromatic carbocycles. The van der Waals surface area contributed by atoms with Gasteiger partial charge < -0.3 is 15.0 Å². The third kappa shape index (κ3) is 4.41. The number of rotatable bonds is 4. The number of hydrogen-bond donors (Lipinski definition) is 1. The minimum Gasteiger partial charge on any atom is -0.381 e. The maximum absolute atomic E-state index is 12.0. The van der Waals surface area contributed by atoms with Crippen molar-refractivity contribution in [3.8, 4) is 0 Å². The van der Waals surface area contributed by atoms with Crippen LogP contribution in [0.1, 0.15) is 38.5 Å². The van der Waals surface area contributed by atoms with Crippen LogP contribution < -0.4 is 5.32 Å². The van der Waals surface area contributed by atoms with E-state index in [2.05, 4.69) is 5.32 Å². The average Bonchev–Trinajstić information content (AvgIpc) is 2.89. The number of ether oxygens (including phenoxy) is 1. The first-order valence-electron chi connectivity index (χ1n) is 6.83. The molecule has 2 aliphatic heterocycles. The van der Waals surface area contributed by atoms with Gasteiger partial charge in [0.25, 0.3) is 0 Å². The first-order valence-corrected chi connectivity index (χ1v) is 6.83. The highest BCUT2D eigenvalue weighted by atomic mass is 35.5. The summed E-state index contributed by atoms with van der Waals surface area (Å²) in [7, 11) is 1.76. The molecule has 0 bridgehead atoms. The van der Waals surface area contributed by atoms with E-state index in [0.717, 1.165) is 38.9 Å². The maximum Gasteiger partial charge on any atom is 0.222 e. The second kappa shape index (κ2) is 7.97. The summed E-state index contributed by atoms with van der Waals surface area (Å²) in [5, 5.41) is 3.44. The Bertz CT molecular complexity index is 249. The maximum atomic E-state index is 12.0. The van der Waals surface area contributed by atoms with Crippen molar-refractivity contribution in [2.75, 3.05) is 26.7 Å². The first-order chi connectivity index (χ1) is 8.29. The number of piperidine rings is 1. The van der Waals surface area contributed by atoms with Crippen LogP contribution in [0.5, 0.6) is 0 Å². The molecule has 0 saturated carbocycles. The third-order valence-corrected chi connectivity index (χ3v) is 4.00. The van der Waals surface area contributed by atoms with Gasteiger partial charge in [0.1, 0.15) is 0 Å². The fraction of sp³-hybridized carbons (Fsp3) is 0.923. The molecule has 2 heterocycles. The van der Waals surface area contributed by atoms with Gasteiger partial charge in [0, 0.05) is 32.7 Å². The molecule has 0 aromatic rings. The average molecular weight is 277 g/mol. The van der Waals surface area contributed by atoms with Crippen molar-refractivity contribution >= 4 is 18.3 Å². The fourth-order valence-electron chi connectivity index (χ4n) is 2.80. The number of amides is 1. The first kappa shape index (κ1) is 15.7. The van der Waals surface area contributed by atoms with Crippen LogP contribution in [0.25, 0.3) is 0 Å². The summed E-state index contributed by atoms with van der Waals surface area (Å²) in [4.78, 5) is 14.0. The number of nitrogens with zero attached hydrogens (tertiary/aromatic N) is 1. The van der Waals surface area contributed by atoms with Crippen LogP contribution in [0.15, 0.2) is 0 Å². The minimum absolute atomic E-state index is 0. The largest absolute Gasteiger partial charge is 0.381 e. The van der Waals surface area contributed by atoms with E-state index in [0.29, 0.717) is 24.5 Å². The van der Waals surface area contributed by atoms with Gasteiger partial charge in [-0.15, -0.1) is 12.4 Å². The van der Waals surface area contributed by atoms with Gasteiger partial charge in [0.05, 0.1) is 6.10 Å². The summed E-state index contributed by atoms with van der Waals surface area (Å²) < 4.78 is 5.31. The molecule has 1 N–H and O–H groups in total. The van der Waals surface area contributed by atoms with Gasteiger partial charge in [-0.1, -0.05) is 0 Å². The quantitative estimate of drug-likeness (QED) is 0.848. The molecule has 4 nitrogen and oxygen atoms in total. The van der Waals surface area contributed by atoms with Crippen molar-refractivity contribution in [1.29, 1.82) is 0 Å². The molecule has 2 rings (SSSR count). The van der Waals surface area contributed by atoms with Crippen LogP contribution in [0, 0.1) is 0 Å². The summed E-state index contributed by atoms with van der Waals surface area (Å²) >= 11 is 0. The van der Waals surface area contributed by atoms with E-state index in [1.54, 1.807) is 7.11 Å². The molecule has 1 unspecified atom stereocenters. The predicted octanol–water partition coefficient (Wildman–Crippen LogP) is 1.58. The smallest absolute Gasteiger partial charge is 0.222 e. The van der Waals surface area contributed by atoms with Crippen LogP contribution in [0.2, 0.25) is 0 Å². The lowest BCUT2D eigenvalue weighted by molar-refractivity contribution is -0.133. The Morgan fingerprint density at radius 1 is 1.33 bits per heavy atom. The second-order valence-corrected chi connectivity index (χ2v) is 5.15. The molecule has 1 amide bonds. The van der Waals surface area contributed by atoms with E-state index in [9.17, 15) is 4.79 Å². The van der Waals surface area contributed by atoms with E-state index in [1.807, 2.05) is 4.90 Å². The zero-order chi connectivity index (χ0) is 12.1. The summed E-state index contributed by atoms with van der Waals surface area (Å²) in [5.41, 5.74) is 0. The Kier molecular flexibility index (Phi) is 6.97. The number of halogens is 1. The molecule has 1 atom stereocenters. The summed E-state index contributed by atoms with van der Waals surface area (Å²) in [6.45, 7) is 2.86. The highest BCUT2D eigenvalue weighted by Crippen LogP contribution is 2.16. The molecule has 2 fully saturated rings. The van der Waals surface area contributed by atoms with Gasteiger partial charge >= 0.3 is 0 Å². The van der Waals surface area contributed by atoms with Crippen molar-refractivity contribution < 1.29 is 9.53 Å². The standard InChI is InChI=1S/C13H24N2O2.ClH/c1-17-12-6-9-15(10-7-12)13(16)5-4-11-3-2-8-14-11;/h11-12,14H,2-10H2,1H3;1H. The fourth-order valence-corrected chi connectivity index (χ4v) is 2.80. The Morgan fingerprint density at radius 2 is 2.06 bits per heavy atom. The summed E-state index contributed by atoms with van der Waals surface area (Å²) in [5.74, 6) is 0.327. The van der Waals surface area contributed by atoms with E-state index < -0.39 is 0 Å². The van der Waals surface area contributed by atoms with Gasteiger partial charge in [-0.3, -0.25) is 4.79 Å². The molecule has 0 spiro atoms. The van der Waals surface area contributed by atoms with Gasteiger partial charge in [-0.2, -0.15) is 0 Å². The van der Waals surface area contributed by atoms with Gasteiger partial charge in [0.15, 0.2) is 0 Å². The molecule has 0 aromatic heterocycles. The lowest BCUT2D eigenvalue weighted by Crippen LogP contribution is -2.41. The molecular weight excluding hydrogens is 252 g/mol. The Balaban J connectivity index is 0.00000162. The van der Waals surface area contributed by atoms with Crippen molar-refractivity contribution in [2.24, 2.45) is 0 Å². The van der Waals surface area contributed by atoms with Crippen molar-refractivity contribution in [3.05, 3.63) is 0 Å². The van der Waals surface area contributed by atoms with E-state index in [-0.39, 0.29) is 12.4 Å². The van der Waals surface area contributed by atoms with Crippen molar-refractivity contribution in [3.63, 3.8) is 0 Å². The summed E-state index contributed by atoms with van der Waals surface area (Å²) in [6.07, 6.45) is 6.54. The summed E-state index contributed by atoms with van der Waals surface area (Å²) in [6, 6.07) is 0.579. The van der Waals surface area contributed by atoms with E-state index in [4.69, 9.17) is 4.74 Å². The molecule has 0 radical (unpaired) electrons. The Labute approximate surface area is 116 Å². The van der Waals surface area contributed by atoms with Crippen LogP contribution in [-0.2, 0) is 9.53 Å². The SMILES string of the molecule is COC1CCN(C(=O)CCC2CCCN2)CC1.Cl. The van der Waals surface area contributed by atoms with Crippen LogP contribution >= 0.6 is 12.4 Å². The topological polar surface area (TPSA) is 41.6 Å². The van der Waals surface area contributed by atoms with Crippen molar-refractivity contribution in [1.82, 2.24) is 10.2 Å². The molecule has 0 aliphatic carbocycles. The minimum atomic E-state index is 0. The Hall–Kier alpha value is -0.320. The van der Waals surface area contributed by atoms with E-state index in [1.165, 1.54) is 12.8 Å². The van der Waals surface area contributed by atoms with Crippen molar-refractivity contribution in [2.45, 2.75) is 50.7 Å². The zero-order valence-electron chi connectivity index (χ0n) is 11.2. The lowest BCUT2D eigenvalue weighted by Gasteiger charge is -2.31. The number of methoxy groups -OCH3 is 1. The molecule has 2 aliphatic rings. The van der Waals surface area contributed by atoms with Crippen LogP contribution in [-0.4, -0.2) is 49.7 Å². The monoisotopic (exact) mass is 276 g/mol. The number of likely N-dealkylation sites (tertiary alicyclic amines) is 1. The number of nitrogens with one attached hydrogen (secondary N) is 1. The van der Waals surface area contributed by atoms with E-state index >= 15 is 0 Å². The second-order valence-electron chi connectivity index (χ2n) is 5.15. The normalized spacial score (nSPS) is 24.9. The van der Waals surface area contributed by atoms with Gasteiger partial charge in [-0.05, 0) is 38.6 Å². The lowest BCUT2D eigenvalue weighted by atomic mass is 10.1. The third-order valence-electron chi connectivity index (χ3n) is 4.00. The number of carbonyl (C=O) groups is 1. The number of hydrogen-bond acceptors (Lipinski definition) is 3. The molecular formula is C13H25ClN2O2. The Morgan fingerprint density at radius 3 is 2.61 bits per heavy atom. The molecule has 2 saturated heterocycles.